The Morgan fingerprint density at radius 3 is 1.43 bits per heavy atom. The standard InChI is InChI=1S/C24H38N4O4.C13H20N2O.C5H10O.C4H10/c1-15(2)10-20(28-22(30)12-17(5)6)24(32)27-19-9-7-8-18(13-19)26-23(31)14-25-21(29)11-16(3)4;1-10(2)9-12(14-3)13(16)15-11-7-5-4-6-8-11;1-5(2)3-4-6;1-4(2)3/h7-9,13,15-17,20H,10-12,14H2,1-6H3,(H,25,29)(H,26,31)(H,27,32)(H,28,30);4-8,10,12,14H,9H2,1-3H3,(H,15,16);4-5H,3H2,1-2H3;4H,1-3H3/t20-;;;/m0.../s1. The summed E-state index contributed by atoms with van der Waals surface area (Å²) in [7, 11) is 1.82. The van der Waals surface area contributed by atoms with Crippen molar-refractivity contribution in [3.05, 3.63) is 54.6 Å². The van der Waals surface area contributed by atoms with Crippen LogP contribution in [0.15, 0.2) is 54.6 Å². The van der Waals surface area contributed by atoms with Crippen molar-refractivity contribution in [3.8, 4) is 0 Å². The monoisotopic (exact) mass is 811 g/mol. The maximum absolute atomic E-state index is 12.8. The van der Waals surface area contributed by atoms with Crippen LogP contribution in [0.1, 0.15) is 122 Å². The van der Waals surface area contributed by atoms with Gasteiger partial charge in [-0.05, 0) is 85.7 Å². The second kappa shape index (κ2) is 32.4. The van der Waals surface area contributed by atoms with Gasteiger partial charge in [0.25, 0.3) is 0 Å². The zero-order valence-electron chi connectivity index (χ0n) is 38.1. The SMILES string of the molecule is CC(C)C.CC(C)CC(=O)NCC(=O)Nc1cccc(NC(=O)[C@H](CC(C)C)NC(=O)CC(C)C)c1.CC(C)CC=O.CNC(CC(C)C)C(=O)Nc1ccccc1. The van der Waals surface area contributed by atoms with E-state index in [2.05, 4.69) is 66.5 Å². The normalized spacial score (nSPS) is 11.6. The predicted molar refractivity (Wildman–Crippen MR) is 240 cm³/mol. The van der Waals surface area contributed by atoms with E-state index in [-0.39, 0.29) is 59.9 Å². The molecule has 58 heavy (non-hydrogen) atoms. The van der Waals surface area contributed by atoms with Crippen molar-refractivity contribution in [3.63, 3.8) is 0 Å². The van der Waals surface area contributed by atoms with E-state index in [0.29, 0.717) is 48.9 Å². The average molecular weight is 811 g/mol. The van der Waals surface area contributed by atoms with Gasteiger partial charge in [0.2, 0.25) is 29.5 Å². The molecule has 2 aromatic rings. The highest BCUT2D eigenvalue weighted by molar-refractivity contribution is 5.99. The number of nitrogens with one attached hydrogen (secondary N) is 6. The molecule has 2 atom stereocenters. The average Bonchev–Trinajstić information content (AvgIpc) is 3.09. The molecule has 12 heteroatoms. The van der Waals surface area contributed by atoms with E-state index >= 15 is 0 Å². The molecule has 0 radical (unpaired) electrons. The highest BCUT2D eigenvalue weighted by Crippen LogP contribution is 2.17. The third-order valence-corrected chi connectivity index (χ3v) is 7.39. The number of aldehydes is 1. The van der Waals surface area contributed by atoms with Crippen LogP contribution in [0.25, 0.3) is 0 Å². The quantitative estimate of drug-likeness (QED) is 0.0772. The van der Waals surface area contributed by atoms with Crippen molar-refractivity contribution in [2.75, 3.05) is 29.5 Å². The van der Waals surface area contributed by atoms with Gasteiger partial charge in [0, 0.05) is 36.3 Å². The van der Waals surface area contributed by atoms with Crippen molar-refractivity contribution >= 4 is 52.9 Å². The molecule has 1 unspecified atom stereocenters. The first-order valence-electron chi connectivity index (χ1n) is 20.8. The van der Waals surface area contributed by atoms with Crippen LogP contribution >= 0.6 is 0 Å². The van der Waals surface area contributed by atoms with Gasteiger partial charge in [0.1, 0.15) is 12.3 Å². The van der Waals surface area contributed by atoms with Crippen LogP contribution in [0.4, 0.5) is 17.1 Å². The lowest BCUT2D eigenvalue weighted by Gasteiger charge is -2.21. The molecule has 0 aliphatic rings. The van der Waals surface area contributed by atoms with Gasteiger partial charge in [0.15, 0.2) is 0 Å². The number of benzene rings is 2. The number of amides is 5. The minimum Gasteiger partial charge on any atom is -0.347 e. The second-order valence-corrected chi connectivity index (χ2v) is 17.2. The molecule has 0 bridgehead atoms. The lowest BCUT2D eigenvalue weighted by atomic mass is 10.0. The van der Waals surface area contributed by atoms with E-state index in [1.54, 1.807) is 24.3 Å². The summed E-state index contributed by atoms with van der Waals surface area (Å²) in [5.74, 6) is 1.55. The Kier molecular flexibility index (Phi) is 31.0. The topological polar surface area (TPSA) is 175 Å². The fourth-order valence-electron chi connectivity index (χ4n) is 4.83. The molecule has 0 heterocycles. The second-order valence-electron chi connectivity index (χ2n) is 17.2. The Balaban J connectivity index is 0. The minimum atomic E-state index is -0.643. The smallest absolute Gasteiger partial charge is 0.246 e. The first kappa shape index (κ1) is 55.5. The van der Waals surface area contributed by atoms with E-state index in [1.807, 2.05) is 92.8 Å². The van der Waals surface area contributed by atoms with E-state index in [0.717, 1.165) is 24.3 Å². The summed E-state index contributed by atoms with van der Waals surface area (Å²) in [5, 5.41) is 16.9. The number of para-hydroxylation sites is 1. The Morgan fingerprint density at radius 2 is 0.983 bits per heavy atom. The zero-order valence-corrected chi connectivity index (χ0v) is 38.1. The van der Waals surface area contributed by atoms with Crippen molar-refractivity contribution in [1.82, 2.24) is 16.0 Å². The van der Waals surface area contributed by atoms with Crippen LogP contribution in [0.2, 0.25) is 0 Å². The maximum atomic E-state index is 12.8. The van der Waals surface area contributed by atoms with Gasteiger partial charge in [-0.15, -0.1) is 0 Å². The van der Waals surface area contributed by atoms with Gasteiger partial charge in [-0.1, -0.05) is 114 Å². The van der Waals surface area contributed by atoms with Crippen molar-refractivity contribution in [2.24, 2.45) is 35.5 Å². The van der Waals surface area contributed by atoms with E-state index in [4.69, 9.17) is 0 Å². The summed E-state index contributed by atoms with van der Waals surface area (Å²) in [5.41, 5.74) is 1.84. The first-order valence-corrected chi connectivity index (χ1v) is 20.8. The molecular formula is C46H78N6O6. The Morgan fingerprint density at radius 1 is 0.534 bits per heavy atom. The van der Waals surface area contributed by atoms with Gasteiger partial charge in [-0.2, -0.15) is 0 Å². The fraction of sp³-hybridized carbons (Fsp3) is 0.609. The summed E-state index contributed by atoms with van der Waals surface area (Å²) in [6, 6.07) is 15.5. The highest BCUT2D eigenvalue weighted by Gasteiger charge is 2.23. The predicted octanol–water partition coefficient (Wildman–Crippen LogP) is 8.46. The number of carbonyl (C=O) groups is 6. The molecule has 328 valence electrons. The molecule has 0 aliphatic heterocycles. The summed E-state index contributed by atoms with van der Waals surface area (Å²) in [6.45, 7) is 26.4. The number of likely N-dealkylation sites (N-methyl/N-ethyl adjacent to an activating group) is 1. The molecule has 12 nitrogen and oxygen atoms in total. The molecule has 0 aromatic heterocycles. The van der Waals surface area contributed by atoms with Gasteiger partial charge in [0.05, 0.1) is 12.6 Å². The third-order valence-electron chi connectivity index (χ3n) is 7.39. The van der Waals surface area contributed by atoms with Gasteiger partial charge >= 0.3 is 0 Å². The molecule has 6 N–H and O–H groups in total. The minimum absolute atomic E-state index is 0.0300. The van der Waals surface area contributed by atoms with Crippen molar-refractivity contribution < 1.29 is 28.8 Å². The molecule has 0 saturated carbocycles. The summed E-state index contributed by atoms with van der Waals surface area (Å²) < 4.78 is 0. The first-order chi connectivity index (χ1) is 27.1. The summed E-state index contributed by atoms with van der Waals surface area (Å²) in [4.78, 5) is 70.3. The van der Waals surface area contributed by atoms with Crippen molar-refractivity contribution in [2.45, 2.75) is 134 Å². The summed E-state index contributed by atoms with van der Waals surface area (Å²) >= 11 is 0. The molecule has 0 fully saturated rings. The van der Waals surface area contributed by atoms with Crippen LogP contribution in [0, 0.1) is 35.5 Å². The van der Waals surface area contributed by atoms with Crippen LogP contribution in [0.5, 0.6) is 0 Å². The molecule has 2 rings (SSSR count). The number of anilines is 3. The van der Waals surface area contributed by atoms with Crippen molar-refractivity contribution in [1.29, 1.82) is 0 Å². The molecule has 0 aliphatic carbocycles. The molecule has 0 spiro atoms. The maximum Gasteiger partial charge on any atom is 0.246 e. The zero-order chi connectivity index (χ0) is 44.8. The molecule has 2 aromatic carbocycles. The van der Waals surface area contributed by atoms with Crippen LogP contribution in [0.3, 0.4) is 0 Å². The molecule has 0 saturated heterocycles. The molecular weight excluding hydrogens is 733 g/mol. The lowest BCUT2D eigenvalue weighted by molar-refractivity contribution is -0.127. The lowest BCUT2D eigenvalue weighted by Crippen LogP contribution is -2.44. The Bertz CT molecular complexity index is 1460. The number of hydrogen-bond donors (Lipinski definition) is 6. The fourth-order valence-corrected chi connectivity index (χ4v) is 4.83. The van der Waals surface area contributed by atoms with Crippen LogP contribution in [-0.4, -0.2) is 61.5 Å². The number of hydrogen-bond acceptors (Lipinski definition) is 7. The van der Waals surface area contributed by atoms with Gasteiger partial charge in [-0.3, -0.25) is 24.0 Å². The van der Waals surface area contributed by atoms with Crippen LogP contribution < -0.4 is 31.9 Å². The Hall–Kier alpha value is -4.58. The van der Waals surface area contributed by atoms with Crippen LogP contribution in [-0.2, 0) is 28.8 Å². The van der Waals surface area contributed by atoms with E-state index in [9.17, 15) is 28.8 Å². The van der Waals surface area contributed by atoms with E-state index in [1.165, 1.54) is 0 Å². The van der Waals surface area contributed by atoms with Gasteiger partial charge in [-0.25, -0.2) is 0 Å². The van der Waals surface area contributed by atoms with Gasteiger partial charge < -0.3 is 36.7 Å². The Labute approximate surface area is 350 Å². The van der Waals surface area contributed by atoms with E-state index < -0.39 is 6.04 Å². The summed E-state index contributed by atoms with van der Waals surface area (Å²) in [6.07, 6.45) is 3.72. The number of rotatable bonds is 19. The number of carbonyl (C=O) groups excluding carboxylic acids is 6. The molecule has 5 amide bonds. The third kappa shape index (κ3) is 32.5. The largest absolute Gasteiger partial charge is 0.347 e. The highest BCUT2D eigenvalue weighted by atomic mass is 16.2.